The number of carbonyl (C=O) groups is 2. The van der Waals surface area contributed by atoms with E-state index in [1.54, 1.807) is 0 Å². The molecule has 0 heterocycles. The Bertz CT molecular complexity index is 1180. The molecule has 0 aliphatic carbocycles. The fourth-order valence-corrected chi connectivity index (χ4v) is 2.65. The van der Waals surface area contributed by atoms with Crippen molar-refractivity contribution in [1.82, 2.24) is 0 Å². The maximum absolute atomic E-state index is 12.3. The lowest BCUT2D eigenvalue weighted by Crippen LogP contribution is -2.20. The molecule has 162 valence electrons. The van der Waals surface area contributed by atoms with Crippen LogP contribution in [0.1, 0.15) is 10.4 Å². The lowest BCUT2D eigenvalue weighted by Gasteiger charge is -2.09. The standard InChI is InChI=1S/C21H16N4O7/c26-20(22-15-3-1-5-17(11-15)24(28)29)13-32-19-9-7-14(8-10-19)21(27)23-16-4-2-6-18(12-16)25(30)31/h1-12H,13H2,(H,22,26)(H,23,27). The highest BCUT2D eigenvalue weighted by Gasteiger charge is 2.11. The van der Waals surface area contributed by atoms with Gasteiger partial charge in [0.05, 0.1) is 9.85 Å². The molecule has 0 unspecified atom stereocenters. The highest BCUT2D eigenvalue weighted by Crippen LogP contribution is 2.19. The van der Waals surface area contributed by atoms with E-state index in [0.717, 1.165) is 0 Å². The van der Waals surface area contributed by atoms with Gasteiger partial charge in [0.15, 0.2) is 6.61 Å². The van der Waals surface area contributed by atoms with Crippen LogP contribution in [-0.2, 0) is 4.79 Å². The minimum absolute atomic E-state index is 0.144. The van der Waals surface area contributed by atoms with Gasteiger partial charge in [-0.05, 0) is 36.4 Å². The molecule has 0 aromatic heterocycles. The molecular weight excluding hydrogens is 420 g/mol. The van der Waals surface area contributed by atoms with Crippen molar-refractivity contribution >= 4 is 34.6 Å². The molecule has 0 bridgehead atoms. The number of nitro groups is 2. The summed E-state index contributed by atoms with van der Waals surface area (Å²) in [6.45, 7) is -0.345. The van der Waals surface area contributed by atoms with Gasteiger partial charge < -0.3 is 15.4 Å². The maximum Gasteiger partial charge on any atom is 0.271 e. The number of hydrogen-bond acceptors (Lipinski definition) is 7. The van der Waals surface area contributed by atoms with Gasteiger partial charge in [0.1, 0.15) is 5.75 Å². The van der Waals surface area contributed by atoms with Crippen molar-refractivity contribution in [3.05, 3.63) is 98.6 Å². The first kappa shape index (κ1) is 21.9. The summed E-state index contributed by atoms with van der Waals surface area (Å²) in [5.74, 6) is -0.662. The molecule has 2 amide bonds. The first-order valence-corrected chi connectivity index (χ1v) is 9.15. The summed E-state index contributed by atoms with van der Waals surface area (Å²) in [7, 11) is 0. The summed E-state index contributed by atoms with van der Waals surface area (Å²) in [6.07, 6.45) is 0. The number of nitrogens with one attached hydrogen (secondary N) is 2. The predicted molar refractivity (Wildman–Crippen MR) is 115 cm³/mol. The molecule has 3 aromatic carbocycles. The van der Waals surface area contributed by atoms with Gasteiger partial charge in [-0.3, -0.25) is 29.8 Å². The second-order valence-electron chi connectivity index (χ2n) is 6.43. The number of benzene rings is 3. The van der Waals surface area contributed by atoms with Crippen LogP contribution in [0.25, 0.3) is 0 Å². The highest BCUT2D eigenvalue weighted by atomic mass is 16.6. The molecule has 11 nitrogen and oxygen atoms in total. The summed E-state index contributed by atoms with van der Waals surface area (Å²) >= 11 is 0. The average Bonchev–Trinajstić information content (AvgIpc) is 2.78. The van der Waals surface area contributed by atoms with Gasteiger partial charge in [-0.1, -0.05) is 12.1 Å². The Morgan fingerprint density at radius 2 is 1.31 bits per heavy atom. The van der Waals surface area contributed by atoms with Crippen molar-refractivity contribution in [2.45, 2.75) is 0 Å². The number of nitro benzene ring substituents is 2. The van der Waals surface area contributed by atoms with E-state index in [9.17, 15) is 29.8 Å². The van der Waals surface area contributed by atoms with Crippen LogP contribution in [0.4, 0.5) is 22.7 Å². The van der Waals surface area contributed by atoms with E-state index >= 15 is 0 Å². The van der Waals surface area contributed by atoms with Gasteiger partial charge in [0, 0.05) is 41.2 Å². The molecule has 3 aromatic rings. The molecule has 0 spiro atoms. The van der Waals surface area contributed by atoms with Crippen LogP contribution in [-0.4, -0.2) is 28.3 Å². The Labute approximate surface area is 180 Å². The maximum atomic E-state index is 12.3. The highest BCUT2D eigenvalue weighted by molar-refractivity contribution is 6.04. The average molecular weight is 436 g/mol. The molecule has 3 rings (SSSR count). The lowest BCUT2D eigenvalue weighted by molar-refractivity contribution is -0.385. The zero-order valence-corrected chi connectivity index (χ0v) is 16.4. The van der Waals surface area contributed by atoms with Crippen molar-refractivity contribution in [3.8, 4) is 5.75 Å². The summed E-state index contributed by atoms with van der Waals surface area (Å²) < 4.78 is 5.36. The normalized spacial score (nSPS) is 10.1. The third-order valence-corrected chi connectivity index (χ3v) is 4.14. The fourth-order valence-electron chi connectivity index (χ4n) is 2.65. The number of hydrogen-bond donors (Lipinski definition) is 2. The van der Waals surface area contributed by atoms with Crippen molar-refractivity contribution in [3.63, 3.8) is 0 Å². The van der Waals surface area contributed by atoms with E-state index in [-0.39, 0.29) is 34.9 Å². The predicted octanol–water partition coefficient (Wildman–Crippen LogP) is 3.77. The SMILES string of the molecule is O=C(COc1ccc(C(=O)Nc2cccc([N+](=O)[O-])c2)cc1)Nc1cccc([N+](=O)[O-])c1. The third kappa shape index (κ3) is 5.86. The van der Waals surface area contributed by atoms with Crippen molar-refractivity contribution in [1.29, 1.82) is 0 Å². The molecule has 0 aliphatic rings. The zero-order valence-electron chi connectivity index (χ0n) is 16.4. The van der Waals surface area contributed by atoms with E-state index in [1.807, 2.05) is 0 Å². The first-order chi connectivity index (χ1) is 15.3. The molecule has 0 aliphatic heterocycles. The monoisotopic (exact) mass is 436 g/mol. The first-order valence-electron chi connectivity index (χ1n) is 9.15. The Morgan fingerprint density at radius 3 is 1.84 bits per heavy atom. The van der Waals surface area contributed by atoms with E-state index in [4.69, 9.17) is 4.74 Å². The summed E-state index contributed by atoms with van der Waals surface area (Å²) in [4.78, 5) is 44.8. The fraction of sp³-hybridized carbons (Fsp3) is 0.0476. The number of anilines is 2. The van der Waals surface area contributed by atoms with Gasteiger partial charge >= 0.3 is 0 Å². The van der Waals surface area contributed by atoms with Crippen LogP contribution in [0, 0.1) is 20.2 Å². The molecule has 0 atom stereocenters. The van der Waals surface area contributed by atoms with Gasteiger partial charge in [0.2, 0.25) is 0 Å². The molecule has 32 heavy (non-hydrogen) atoms. The van der Waals surface area contributed by atoms with E-state index in [1.165, 1.54) is 72.8 Å². The van der Waals surface area contributed by atoms with Gasteiger partial charge in [-0.2, -0.15) is 0 Å². The summed E-state index contributed by atoms with van der Waals surface area (Å²) in [5.41, 5.74) is 0.533. The van der Waals surface area contributed by atoms with Crippen molar-refractivity contribution in [2.24, 2.45) is 0 Å². The lowest BCUT2D eigenvalue weighted by atomic mass is 10.2. The van der Waals surface area contributed by atoms with Crippen LogP contribution < -0.4 is 15.4 Å². The molecule has 11 heteroatoms. The number of ether oxygens (including phenoxy) is 1. The Balaban J connectivity index is 1.54. The topological polar surface area (TPSA) is 154 Å². The van der Waals surface area contributed by atoms with Crippen LogP contribution in [0.5, 0.6) is 5.75 Å². The van der Waals surface area contributed by atoms with Crippen LogP contribution in [0.3, 0.4) is 0 Å². The van der Waals surface area contributed by atoms with Crippen LogP contribution in [0.15, 0.2) is 72.8 Å². The van der Waals surface area contributed by atoms with E-state index < -0.39 is 21.7 Å². The second-order valence-corrected chi connectivity index (χ2v) is 6.43. The third-order valence-electron chi connectivity index (χ3n) is 4.14. The second kappa shape index (κ2) is 9.80. The number of non-ortho nitro benzene ring substituents is 2. The zero-order chi connectivity index (χ0) is 23.1. The Morgan fingerprint density at radius 1 is 0.781 bits per heavy atom. The molecule has 0 radical (unpaired) electrons. The Kier molecular flexibility index (Phi) is 6.71. The molecule has 0 saturated heterocycles. The quantitative estimate of drug-likeness (QED) is 0.402. The molecular formula is C21H16N4O7. The minimum atomic E-state index is -0.567. The number of carbonyl (C=O) groups excluding carboxylic acids is 2. The van der Waals surface area contributed by atoms with Gasteiger partial charge in [-0.15, -0.1) is 0 Å². The smallest absolute Gasteiger partial charge is 0.271 e. The summed E-state index contributed by atoms with van der Waals surface area (Å²) in [5, 5.41) is 26.7. The van der Waals surface area contributed by atoms with Gasteiger partial charge in [-0.25, -0.2) is 0 Å². The van der Waals surface area contributed by atoms with Crippen LogP contribution >= 0.6 is 0 Å². The van der Waals surface area contributed by atoms with E-state index in [2.05, 4.69) is 10.6 Å². The molecule has 0 saturated carbocycles. The molecule has 0 fully saturated rings. The van der Waals surface area contributed by atoms with E-state index in [0.29, 0.717) is 5.75 Å². The Hall–Kier alpha value is -4.80. The number of nitrogens with zero attached hydrogens (tertiary/aromatic N) is 2. The number of rotatable bonds is 8. The number of amides is 2. The largest absolute Gasteiger partial charge is 0.484 e. The van der Waals surface area contributed by atoms with Crippen LogP contribution in [0.2, 0.25) is 0 Å². The van der Waals surface area contributed by atoms with Crippen molar-refractivity contribution < 1.29 is 24.2 Å². The van der Waals surface area contributed by atoms with Gasteiger partial charge in [0.25, 0.3) is 23.2 Å². The molecule has 2 N–H and O–H groups in total. The minimum Gasteiger partial charge on any atom is -0.484 e. The summed E-state index contributed by atoms with van der Waals surface area (Å²) in [6, 6.07) is 17.0. The van der Waals surface area contributed by atoms with Crippen molar-refractivity contribution in [2.75, 3.05) is 17.2 Å².